The van der Waals surface area contributed by atoms with Crippen molar-refractivity contribution in [2.75, 3.05) is 20.1 Å². The predicted molar refractivity (Wildman–Crippen MR) is 43.9 cm³/mol. The van der Waals surface area contributed by atoms with Crippen molar-refractivity contribution in [2.24, 2.45) is 0 Å². The number of hydrogen-bond donors (Lipinski definition) is 1. The van der Waals surface area contributed by atoms with Gasteiger partial charge in [0, 0.05) is 12.6 Å². The summed E-state index contributed by atoms with van der Waals surface area (Å²) >= 11 is 0. The van der Waals surface area contributed by atoms with Crippen LogP contribution >= 0.6 is 0 Å². The summed E-state index contributed by atoms with van der Waals surface area (Å²) in [6.07, 6.45) is 4.31. The van der Waals surface area contributed by atoms with Gasteiger partial charge in [-0.15, -0.1) is 0 Å². The van der Waals surface area contributed by atoms with Crippen LogP contribution in [0.3, 0.4) is 0 Å². The van der Waals surface area contributed by atoms with E-state index in [9.17, 15) is 0 Å². The Morgan fingerprint density at radius 3 is 2.45 bits per heavy atom. The Hall–Kier alpha value is -0.750. The van der Waals surface area contributed by atoms with E-state index < -0.39 is 0 Å². The summed E-state index contributed by atoms with van der Waals surface area (Å²) in [5, 5.41) is 12.0. The van der Waals surface area contributed by atoms with Crippen molar-refractivity contribution < 1.29 is 0 Å². The Kier molecular flexibility index (Phi) is 2.35. The fourth-order valence-electron chi connectivity index (χ4n) is 1.42. The minimum absolute atomic E-state index is 0.0972. The molecule has 1 N–H and O–H groups in total. The first-order valence-electron chi connectivity index (χ1n) is 4.03. The van der Waals surface area contributed by atoms with E-state index in [4.69, 9.17) is 5.26 Å². The first-order chi connectivity index (χ1) is 5.19. The normalized spacial score (nSPS) is 22.3. The second-order valence-electron chi connectivity index (χ2n) is 3.41. The van der Waals surface area contributed by atoms with Crippen molar-refractivity contribution in [1.29, 1.82) is 5.26 Å². The van der Waals surface area contributed by atoms with Crippen LogP contribution in [0.15, 0.2) is 0 Å². The van der Waals surface area contributed by atoms with E-state index in [-0.39, 0.29) is 5.54 Å². The summed E-state index contributed by atoms with van der Waals surface area (Å²) in [7, 11) is 1.87. The molecule has 1 aliphatic rings. The smallest absolute Gasteiger partial charge is 0.179 e. The highest BCUT2D eigenvalue weighted by Crippen LogP contribution is 2.22. The molecule has 0 aromatic rings. The second kappa shape index (κ2) is 3.10. The summed E-state index contributed by atoms with van der Waals surface area (Å²) < 4.78 is 0. The SMILES string of the molecule is CN(C#N)C1(C)CCNCC1. The summed E-state index contributed by atoms with van der Waals surface area (Å²) in [4.78, 5) is 1.77. The summed E-state index contributed by atoms with van der Waals surface area (Å²) in [6.45, 7) is 4.21. The maximum Gasteiger partial charge on any atom is 0.179 e. The molecule has 0 aromatic heterocycles. The first-order valence-corrected chi connectivity index (χ1v) is 4.03. The third-order valence-corrected chi connectivity index (χ3v) is 2.64. The van der Waals surface area contributed by atoms with Crippen LogP contribution in [0.25, 0.3) is 0 Å². The molecule has 1 rings (SSSR count). The van der Waals surface area contributed by atoms with Gasteiger partial charge >= 0.3 is 0 Å². The van der Waals surface area contributed by atoms with Gasteiger partial charge in [0.05, 0.1) is 0 Å². The minimum Gasteiger partial charge on any atom is -0.317 e. The Morgan fingerprint density at radius 2 is 2.00 bits per heavy atom. The molecule has 0 aliphatic carbocycles. The highest BCUT2D eigenvalue weighted by molar-refractivity contribution is 4.94. The highest BCUT2D eigenvalue weighted by Gasteiger charge is 2.30. The molecule has 0 atom stereocenters. The van der Waals surface area contributed by atoms with E-state index in [0.29, 0.717) is 0 Å². The molecule has 3 heteroatoms. The second-order valence-corrected chi connectivity index (χ2v) is 3.41. The molecule has 0 aromatic carbocycles. The Bertz CT molecular complexity index is 165. The van der Waals surface area contributed by atoms with Crippen molar-refractivity contribution in [3.8, 4) is 6.19 Å². The zero-order valence-corrected chi connectivity index (χ0v) is 7.22. The van der Waals surface area contributed by atoms with Gasteiger partial charge in [0.1, 0.15) is 0 Å². The van der Waals surface area contributed by atoms with Gasteiger partial charge in [0.2, 0.25) is 0 Å². The van der Waals surface area contributed by atoms with Crippen molar-refractivity contribution in [2.45, 2.75) is 25.3 Å². The summed E-state index contributed by atoms with van der Waals surface area (Å²) in [6, 6.07) is 0. The Balaban J connectivity index is 2.57. The van der Waals surface area contributed by atoms with Gasteiger partial charge in [-0.1, -0.05) is 0 Å². The van der Waals surface area contributed by atoms with E-state index >= 15 is 0 Å². The van der Waals surface area contributed by atoms with Crippen LogP contribution in [-0.4, -0.2) is 30.6 Å². The number of nitrogens with zero attached hydrogens (tertiary/aromatic N) is 2. The number of rotatable bonds is 1. The summed E-state index contributed by atoms with van der Waals surface area (Å²) in [5.41, 5.74) is 0.0972. The third kappa shape index (κ3) is 1.63. The van der Waals surface area contributed by atoms with Crippen LogP contribution in [0.2, 0.25) is 0 Å². The predicted octanol–water partition coefficient (Wildman–Crippen LogP) is 0.541. The van der Waals surface area contributed by atoms with Gasteiger partial charge in [0.25, 0.3) is 0 Å². The zero-order chi connectivity index (χ0) is 8.32. The number of hydrogen-bond acceptors (Lipinski definition) is 3. The van der Waals surface area contributed by atoms with Crippen LogP contribution in [-0.2, 0) is 0 Å². The van der Waals surface area contributed by atoms with Gasteiger partial charge in [-0.25, -0.2) is 0 Å². The largest absolute Gasteiger partial charge is 0.317 e. The average molecular weight is 153 g/mol. The van der Waals surface area contributed by atoms with Gasteiger partial charge in [-0.05, 0) is 32.9 Å². The van der Waals surface area contributed by atoms with Gasteiger partial charge in [-0.2, -0.15) is 5.26 Å². The van der Waals surface area contributed by atoms with Crippen molar-refractivity contribution in [3.63, 3.8) is 0 Å². The maximum absolute atomic E-state index is 8.71. The molecule has 0 unspecified atom stereocenters. The van der Waals surface area contributed by atoms with Gasteiger partial charge in [-0.3, -0.25) is 0 Å². The number of nitrogens with one attached hydrogen (secondary N) is 1. The molecule has 0 amide bonds. The van der Waals surface area contributed by atoms with Gasteiger partial charge < -0.3 is 10.2 Å². The average Bonchev–Trinajstić information content (AvgIpc) is 2.04. The van der Waals surface area contributed by atoms with E-state index in [2.05, 4.69) is 18.4 Å². The first kappa shape index (κ1) is 8.35. The molecular weight excluding hydrogens is 138 g/mol. The lowest BCUT2D eigenvalue weighted by Crippen LogP contribution is -2.48. The molecule has 62 valence electrons. The van der Waals surface area contributed by atoms with Crippen molar-refractivity contribution >= 4 is 0 Å². The molecule has 11 heavy (non-hydrogen) atoms. The minimum atomic E-state index is 0.0972. The van der Waals surface area contributed by atoms with E-state index in [0.717, 1.165) is 25.9 Å². The van der Waals surface area contributed by atoms with Crippen molar-refractivity contribution in [3.05, 3.63) is 0 Å². The zero-order valence-electron chi connectivity index (χ0n) is 7.22. The molecule has 1 fully saturated rings. The maximum atomic E-state index is 8.71. The summed E-state index contributed by atoms with van der Waals surface area (Å²) in [5.74, 6) is 0. The van der Waals surface area contributed by atoms with E-state index in [1.54, 1.807) is 4.90 Å². The molecule has 0 bridgehead atoms. The van der Waals surface area contributed by atoms with Crippen LogP contribution < -0.4 is 5.32 Å². The molecule has 0 saturated carbocycles. The van der Waals surface area contributed by atoms with Crippen LogP contribution in [0.5, 0.6) is 0 Å². The fraction of sp³-hybridized carbons (Fsp3) is 0.875. The van der Waals surface area contributed by atoms with E-state index in [1.165, 1.54) is 0 Å². The van der Waals surface area contributed by atoms with Crippen LogP contribution in [0.1, 0.15) is 19.8 Å². The molecule has 0 spiro atoms. The molecule has 1 aliphatic heterocycles. The molecule has 1 saturated heterocycles. The topological polar surface area (TPSA) is 39.1 Å². The van der Waals surface area contributed by atoms with Crippen LogP contribution in [0, 0.1) is 11.5 Å². The molecule has 0 radical (unpaired) electrons. The quantitative estimate of drug-likeness (QED) is 0.441. The Labute approximate surface area is 68.0 Å². The molecular formula is C8H15N3. The number of nitriles is 1. The number of piperidine rings is 1. The highest BCUT2D eigenvalue weighted by atomic mass is 15.2. The monoisotopic (exact) mass is 153 g/mol. The van der Waals surface area contributed by atoms with Gasteiger partial charge in [0.15, 0.2) is 6.19 Å². The standard InChI is InChI=1S/C8H15N3/c1-8(11(2)7-9)3-5-10-6-4-8/h10H,3-6H2,1-2H3. The van der Waals surface area contributed by atoms with Crippen molar-refractivity contribution in [1.82, 2.24) is 10.2 Å². The fourth-order valence-corrected chi connectivity index (χ4v) is 1.42. The van der Waals surface area contributed by atoms with E-state index in [1.807, 2.05) is 7.05 Å². The third-order valence-electron chi connectivity index (χ3n) is 2.64. The lowest BCUT2D eigenvalue weighted by molar-refractivity contribution is 0.158. The van der Waals surface area contributed by atoms with Crippen LogP contribution in [0.4, 0.5) is 0 Å². The lowest BCUT2D eigenvalue weighted by atomic mass is 9.89. The molecule has 3 nitrogen and oxygen atoms in total. The Morgan fingerprint density at radius 1 is 1.45 bits per heavy atom. The molecule has 1 heterocycles. The lowest BCUT2D eigenvalue weighted by Gasteiger charge is -2.38.